The largest absolute Gasteiger partial charge is 0.481 e. The molecule has 1 saturated carbocycles. The summed E-state index contributed by atoms with van der Waals surface area (Å²) in [6.07, 6.45) is 1.95. The molecule has 14 heavy (non-hydrogen) atoms. The fraction of sp³-hybridized carbons (Fsp3) is 0.556. The summed E-state index contributed by atoms with van der Waals surface area (Å²) in [6.45, 7) is 1.80. The maximum atomic E-state index is 11.0. The topological polar surface area (TPSA) is 92.0 Å². The molecule has 0 saturated heterocycles. The smallest absolute Gasteiger partial charge is 0.312 e. The minimum atomic E-state index is -0.804. The number of imidazole rings is 1. The molecule has 1 aliphatic carbocycles. The van der Waals surface area contributed by atoms with Gasteiger partial charge in [0, 0.05) is 5.69 Å². The summed E-state index contributed by atoms with van der Waals surface area (Å²) in [5.74, 6) is -0.746. The highest BCUT2D eigenvalue weighted by molar-refractivity contribution is 5.76. The number of aliphatic carboxylic acids is 1. The molecule has 0 aliphatic heterocycles. The lowest BCUT2D eigenvalue weighted by Gasteiger charge is -2.08. The van der Waals surface area contributed by atoms with Gasteiger partial charge in [-0.05, 0) is 25.7 Å². The Labute approximate surface area is 81.3 Å². The number of carboxylic acid groups (broad SMARTS) is 1. The maximum absolute atomic E-state index is 11.0. The van der Waals surface area contributed by atoms with Crippen LogP contribution in [-0.2, 0) is 4.79 Å². The van der Waals surface area contributed by atoms with E-state index in [4.69, 9.17) is 10.8 Å². The lowest BCUT2D eigenvalue weighted by Crippen LogP contribution is -2.15. The first-order chi connectivity index (χ1) is 6.59. The number of aromatic nitrogens is 2. The third-order valence-electron chi connectivity index (χ3n) is 2.59. The van der Waals surface area contributed by atoms with E-state index in [1.807, 2.05) is 0 Å². The van der Waals surface area contributed by atoms with Crippen molar-refractivity contribution in [3.63, 3.8) is 0 Å². The Balaban J connectivity index is 2.34. The fourth-order valence-corrected chi connectivity index (χ4v) is 1.77. The van der Waals surface area contributed by atoms with E-state index in [1.54, 1.807) is 6.92 Å². The van der Waals surface area contributed by atoms with Crippen molar-refractivity contribution in [1.29, 1.82) is 0 Å². The number of aromatic amines is 1. The number of carboxylic acids is 1. The number of nitrogens with zero attached hydrogens (tertiary/aromatic N) is 1. The van der Waals surface area contributed by atoms with Gasteiger partial charge in [-0.3, -0.25) is 4.79 Å². The first-order valence-electron chi connectivity index (χ1n) is 4.64. The lowest BCUT2D eigenvalue weighted by atomic mass is 9.99. The molecule has 1 fully saturated rings. The minimum absolute atomic E-state index is 0.244. The Morgan fingerprint density at radius 3 is 2.71 bits per heavy atom. The van der Waals surface area contributed by atoms with Gasteiger partial charge in [0.05, 0.1) is 5.69 Å². The van der Waals surface area contributed by atoms with E-state index in [-0.39, 0.29) is 5.92 Å². The quantitative estimate of drug-likeness (QED) is 0.667. The zero-order valence-electron chi connectivity index (χ0n) is 7.95. The van der Waals surface area contributed by atoms with E-state index in [0.29, 0.717) is 11.6 Å². The first-order valence-corrected chi connectivity index (χ1v) is 4.64. The summed E-state index contributed by atoms with van der Waals surface area (Å²) < 4.78 is 0. The van der Waals surface area contributed by atoms with E-state index < -0.39 is 11.9 Å². The number of nitrogens with one attached hydrogen (secondary N) is 1. The van der Waals surface area contributed by atoms with Gasteiger partial charge >= 0.3 is 5.97 Å². The third kappa shape index (κ3) is 1.45. The van der Waals surface area contributed by atoms with Gasteiger partial charge in [-0.25, -0.2) is 4.98 Å². The Kier molecular flexibility index (Phi) is 1.94. The average molecular weight is 195 g/mol. The molecule has 1 aliphatic rings. The number of hydrogen-bond donors (Lipinski definition) is 3. The molecule has 0 bridgehead atoms. The number of nitrogen functional groups attached to an aromatic ring is 1. The van der Waals surface area contributed by atoms with Crippen molar-refractivity contribution in [2.45, 2.75) is 25.7 Å². The molecule has 1 atom stereocenters. The second-order valence-corrected chi connectivity index (χ2v) is 3.79. The van der Waals surface area contributed by atoms with Gasteiger partial charge in [-0.15, -0.1) is 0 Å². The molecule has 1 heterocycles. The molecule has 5 nitrogen and oxygen atoms in total. The van der Waals surface area contributed by atoms with E-state index in [2.05, 4.69) is 9.97 Å². The maximum Gasteiger partial charge on any atom is 0.312 e. The third-order valence-corrected chi connectivity index (χ3v) is 2.59. The number of carbonyl (C=O) groups is 1. The van der Waals surface area contributed by atoms with Gasteiger partial charge in [0.25, 0.3) is 0 Å². The minimum Gasteiger partial charge on any atom is -0.481 e. The second-order valence-electron chi connectivity index (χ2n) is 3.79. The van der Waals surface area contributed by atoms with Crippen LogP contribution in [0.25, 0.3) is 0 Å². The predicted molar refractivity (Wildman–Crippen MR) is 50.8 cm³/mol. The van der Waals surface area contributed by atoms with Crippen molar-refractivity contribution in [2.24, 2.45) is 5.92 Å². The average Bonchev–Trinajstić information content (AvgIpc) is 2.81. The molecule has 1 unspecified atom stereocenters. The Hall–Kier alpha value is -1.52. The number of H-pyrrole nitrogens is 1. The summed E-state index contributed by atoms with van der Waals surface area (Å²) in [6, 6.07) is 0. The highest BCUT2D eigenvalue weighted by atomic mass is 16.4. The van der Waals surface area contributed by atoms with Crippen LogP contribution in [0.2, 0.25) is 0 Å². The number of hydrogen-bond acceptors (Lipinski definition) is 3. The molecule has 0 radical (unpaired) electrons. The van der Waals surface area contributed by atoms with Crippen LogP contribution in [0.3, 0.4) is 0 Å². The number of nitrogens with two attached hydrogens (primary N) is 1. The van der Waals surface area contributed by atoms with Crippen LogP contribution in [0.4, 0.5) is 5.95 Å². The second kappa shape index (κ2) is 3.01. The van der Waals surface area contributed by atoms with Crippen LogP contribution in [0.1, 0.15) is 30.1 Å². The molecule has 4 N–H and O–H groups in total. The van der Waals surface area contributed by atoms with Crippen molar-refractivity contribution in [3.05, 3.63) is 11.4 Å². The standard InChI is InChI=1S/C9H13N3O2/c1-4-7(12-9(10)11-4)6(8(13)14)5-2-3-5/h5-6H,2-3H2,1H3,(H,13,14)(H3,10,11,12). The van der Waals surface area contributed by atoms with Crippen LogP contribution >= 0.6 is 0 Å². The summed E-state index contributed by atoms with van der Waals surface area (Å²) in [5, 5.41) is 9.08. The molecule has 0 amide bonds. The zero-order valence-corrected chi connectivity index (χ0v) is 7.95. The Morgan fingerprint density at radius 2 is 2.36 bits per heavy atom. The molecular weight excluding hydrogens is 182 g/mol. The normalized spacial score (nSPS) is 18.1. The predicted octanol–water partition coefficient (Wildman–Crippen LogP) is 0.879. The van der Waals surface area contributed by atoms with Crippen LogP contribution in [0, 0.1) is 12.8 Å². The number of anilines is 1. The summed E-state index contributed by atoms with van der Waals surface area (Å²) >= 11 is 0. The molecule has 76 valence electrons. The Morgan fingerprint density at radius 1 is 1.71 bits per heavy atom. The Bertz CT molecular complexity index is 368. The lowest BCUT2D eigenvalue weighted by molar-refractivity contribution is -0.139. The molecule has 0 aromatic carbocycles. The fourth-order valence-electron chi connectivity index (χ4n) is 1.77. The van der Waals surface area contributed by atoms with Gasteiger partial charge < -0.3 is 15.8 Å². The van der Waals surface area contributed by atoms with E-state index in [1.165, 1.54) is 0 Å². The van der Waals surface area contributed by atoms with Crippen LogP contribution in [0.15, 0.2) is 0 Å². The van der Waals surface area contributed by atoms with Crippen molar-refractivity contribution in [2.75, 3.05) is 5.73 Å². The summed E-state index contributed by atoms with van der Waals surface area (Å²) in [7, 11) is 0. The zero-order chi connectivity index (χ0) is 10.3. The summed E-state index contributed by atoms with van der Waals surface area (Å²) in [5.41, 5.74) is 6.84. The van der Waals surface area contributed by atoms with Crippen LogP contribution < -0.4 is 5.73 Å². The van der Waals surface area contributed by atoms with Gasteiger partial charge in [0.2, 0.25) is 0 Å². The highest BCUT2D eigenvalue weighted by Crippen LogP contribution is 2.43. The van der Waals surface area contributed by atoms with Gasteiger partial charge in [0.1, 0.15) is 5.92 Å². The molecule has 2 rings (SSSR count). The van der Waals surface area contributed by atoms with E-state index in [9.17, 15) is 4.79 Å². The highest BCUT2D eigenvalue weighted by Gasteiger charge is 2.39. The first kappa shape index (κ1) is 9.05. The van der Waals surface area contributed by atoms with Crippen molar-refractivity contribution in [1.82, 2.24) is 9.97 Å². The molecular formula is C9H13N3O2. The van der Waals surface area contributed by atoms with Crippen molar-refractivity contribution in [3.8, 4) is 0 Å². The molecule has 0 spiro atoms. The van der Waals surface area contributed by atoms with Gasteiger partial charge in [0.15, 0.2) is 5.95 Å². The van der Waals surface area contributed by atoms with Crippen LogP contribution in [-0.4, -0.2) is 21.0 Å². The SMILES string of the molecule is Cc1[nH]c(N)nc1C(C(=O)O)C1CC1. The number of rotatable bonds is 3. The van der Waals surface area contributed by atoms with Gasteiger partial charge in [-0.2, -0.15) is 0 Å². The molecule has 5 heteroatoms. The van der Waals surface area contributed by atoms with Crippen molar-refractivity contribution >= 4 is 11.9 Å². The van der Waals surface area contributed by atoms with Gasteiger partial charge in [-0.1, -0.05) is 0 Å². The van der Waals surface area contributed by atoms with Crippen molar-refractivity contribution < 1.29 is 9.90 Å². The van der Waals surface area contributed by atoms with E-state index in [0.717, 1.165) is 18.5 Å². The molecule has 1 aromatic rings. The molecule has 1 aromatic heterocycles. The summed E-state index contributed by atoms with van der Waals surface area (Å²) in [4.78, 5) is 17.9. The monoisotopic (exact) mass is 195 g/mol. The number of aryl methyl sites for hydroxylation is 1. The van der Waals surface area contributed by atoms with Crippen LogP contribution in [0.5, 0.6) is 0 Å². The van der Waals surface area contributed by atoms with E-state index >= 15 is 0 Å².